The molecule has 12 heavy (non-hydrogen) atoms. The van der Waals surface area contributed by atoms with Crippen LogP contribution in [0, 0.1) is 0 Å². The molecule has 1 aromatic carbocycles. The minimum absolute atomic E-state index is 0.00343. The maximum absolute atomic E-state index is 12.6. The second-order valence-corrected chi connectivity index (χ2v) is 3.99. The van der Waals surface area contributed by atoms with Crippen LogP contribution in [0.25, 0.3) is 0 Å². The number of benzene rings is 1. The zero-order valence-corrected chi connectivity index (χ0v) is 7.81. The van der Waals surface area contributed by atoms with Gasteiger partial charge in [0.25, 0.3) is 5.92 Å². The Kier molecular flexibility index (Phi) is 1.72. The molecule has 1 fully saturated rings. The predicted molar refractivity (Wildman–Crippen MR) is 46.4 cm³/mol. The van der Waals surface area contributed by atoms with Gasteiger partial charge >= 0.3 is 0 Å². The molecule has 0 bridgehead atoms. The van der Waals surface area contributed by atoms with Crippen molar-refractivity contribution in [3.63, 3.8) is 0 Å². The highest BCUT2D eigenvalue weighted by atomic mass is 79.9. The zero-order valence-electron chi connectivity index (χ0n) is 6.23. The third kappa shape index (κ3) is 1.38. The van der Waals surface area contributed by atoms with E-state index in [1.165, 1.54) is 0 Å². The molecule has 0 spiro atoms. The molecule has 1 saturated carbocycles. The standard InChI is InChI=1S/C9H7BrF2/c10-7-3-1-2-6(4-7)8-5-9(8,11)12/h1-4,8H,5H2/t8-/m0/s1. The summed E-state index contributed by atoms with van der Waals surface area (Å²) in [6.45, 7) is 0. The van der Waals surface area contributed by atoms with Gasteiger partial charge in [-0.05, 0) is 17.7 Å². The summed E-state index contributed by atoms with van der Waals surface area (Å²) in [6.07, 6.45) is 0.00343. The largest absolute Gasteiger partial charge is 0.255 e. The summed E-state index contributed by atoms with van der Waals surface area (Å²) in [6, 6.07) is 7.12. The van der Waals surface area contributed by atoms with Crippen molar-refractivity contribution < 1.29 is 8.78 Å². The van der Waals surface area contributed by atoms with Gasteiger partial charge in [0.2, 0.25) is 0 Å². The van der Waals surface area contributed by atoms with E-state index in [0.29, 0.717) is 0 Å². The topological polar surface area (TPSA) is 0 Å². The fourth-order valence-electron chi connectivity index (χ4n) is 1.30. The number of halogens is 3. The molecule has 3 heteroatoms. The smallest absolute Gasteiger partial charge is 0.206 e. The number of hydrogen-bond acceptors (Lipinski definition) is 0. The van der Waals surface area contributed by atoms with Crippen molar-refractivity contribution in [3.8, 4) is 0 Å². The lowest BCUT2D eigenvalue weighted by atomic mass is 10.1. The Morgan fingerprint density at radius 3 is 2.58 bits per heavy atom. The SMILES string of the molecule is FC1(F)C[C@H]1c1cccc(Br)c1. The molecule has 0 N–H and O–H groups in total. The van der Waals surface area contributed by atoms with E-state index in [1.54, 1.807) is 18.2 Å². The normalized spacial score (nSPS) is 25.4. The molecule has 0 amide bonds. The number of alkyl halides is 2. The van der Waals surface area contributed by atoms with Crippen LogP contribution >= 0.6 is 15.9 Å². The maximum atomic E-state index is 12.6. The molecule has 1 atom stereocenters. The van der Waals surface area contributed by atoms with Crippen LogP contribution in [0.1, 0.15) is 17.9 Å². The van der Waals surface area contributed by atoms with Gasteiger partial charge in [0.15, 0.2) is 0 Å². The first-order valence-electron chi connectivity index (χ1n) is 3.73. The quantitative estimate of drug-likeness (QED) is 0.695. The third-order valence-electron chi connectivity index (χ3n) is 2.08. The summed E-state index contributed by atoms with van der Waals surface area (Å²) in [5.41, 5.74) is 0.731. The highest BCUT2D eigenvalue weighted by Gasteiger charge is 2.57. The Morgan fingerprint density at radius 1 is 1.42 bits per heavy atom. The van der Waals surface area contributed by atoms with Crippen molar-refractivity contribution in [1.82, 2.24) is 0 Å². The van der Waals surface area contributed by atoms with Crippen LogP contribution in [-0.2, 0) is 0 Å². The highest BCUT2D eigenvalue weighted by molar-refractivity contribution is 9.10. The Morgan fingerprint density at radius 2 is 2.08 bits per heavy atom. The molecule has 1 aliphatic carbocycles. The molecule has 0 radical (unpaired) electrons. The first-order chi connectivity index (χ1) is 5.59. The molecule has 0 unspecified atom stereocenters. The van der Waals surface area contributed by atoms with Crippen molar-refractivity contribution in [1.29, 1.82) is 0 Å². The minimum Gasteiger partial charge on any atom is -0.206 e. The van der Waals surface area contributed by atoms with E-state index in [9.17, 15) is 8.78 Å². The summed E-state index contributed by atoms with van der Waals surface area (Å²) in [5, 5.41) is 0. The Labute approximate surface area is 77.7 Å². The van der Waals surface area contributed by atoms with Gasteiger partial charge in [0.05, 0.1) is 5.92 Å². The van der Waals surface area contributed by atoms with E-state index in [4.69, 9.17) is 0 Å². The van der Waals surface area contributed by atoms with Gasteiger partial charge in [-0.2, -0.15) is 0 Å². The van der Waals surface area contributed by atoms with Crippen LogP contribution in [0.2, 0.25) is 0 Å². The monoisotopic (exact) mass is 232 g/mol. The van der Waals surface area contributed by atoms with Gasteiger partial charge < -0.3 is 0 Å². The molecule has 2 rings (SSSR count). The zero-order chi connectivity index (χ0) is 8.77. The maximum Gasteiger partial charge on any atom is 0.255 e. The van der Waals surface area contributed by atoms with Crippen molar-refractivity contribution >= 4 is 15.9 Å². The Bertz CT molecular complexity index is 309. The summed E-state index contributed by atoms with van der Waals surface area (Å²) in [5.74, 6) is -3.00. The van der Waals surface area contributed by atoms with E-state index < -0.39 is 11.8 Å². The molecule has 1 aromatic rings. The van der Waals surface area contributed by atoms with Crippen molar-refractivity contribution in [3.05, 3.63) is 34.3 Å². The molecule has 0 nitrogen and oxygen atoms in total. The molecular formula is C9H7BrF2. The predicted octanol–water partition coefficient (Wildman–Crippen LogP) is 3.57. The molecule has 0 aromatic heterocycles. The van der Waals surface area contributed by atoms with E-state index in [1.807, 2.05) is 6.07 Å². The average molecular weight is 233 g/mol. The number of hydrogen-bond donors (Lipinski definition) is 0. The lowest BCUT2D eigenvalue weighted by Crippen LogP contribution is -1.92. The molecule has 0 aliphatic heterocycles. The van der Waals surface area contributed by atoms with Crippen LogP contribution in [0.3, 0.4) is 0 Å². The Balaban J connectivity index is 2.26. The van der Waals surface area contributed by atoms with Gasteiger partial charge in [-0.3, -0.25) is 0 Å². The molecule has 0 saturated heterocycles. The van der Waals surface area contributed by atoms with Crippen molar-refractivity contribution in [2.75, 3.05) is 0 Å². The second kappa shape index (κ2) is 2.52. The molecule has 1 aliphatic rings. The van der Waals surface area contributed by atoms with Crippen molar-refractivity contribution in [2.45, 2.75) is 18.3 Å². The lowest BCUT2D eigenvalue weighted by molar-refractivity contribution is 0.112. The average Bonchev–Trinajstić information content (AvgIpc) is 2.60. The third-order valence-corrected chi connectivity index (χ3v) is 2.57. The van der Waals surface area contributed by atoms with Gasteiger partial charge in [0, 0.05) is 10.9 Å². The Hall–Kier alpha value is -0.440. The van der Waals surface area contributed by atoms with Crippen molar-refractivity contribution in [2.24, 2.45) is 0 Å². The van der Waals surface area contributed by atoms with Gasteiger partial charge in [-0.25, -0.2) is 8.78 Å². The van der Waals surface area contributed by atoms with Crippen LogP contribution in [0.4, 0.5) is 8.78 Å². The summed E-state index contributed by atoms with van der Waals surface area (Å²) < 4.78 is 26.1. The molecular weight excluding hydrogens is 226 g/mol. The van der Waals surface area contributed by atoms with E-state index in [-0.39, 0.29) is 6.42 Å². The first kappa shape index (κ1) is 8.17. The fourth-order valence-corrected chi connectivity index (χ4v) is 1.72. The summed E-state index contributed by atoms with van der Waals surface area (Å²) in [7, 11) is 0. The molecule has 64 valence electrons. The van der Waals surface area contributed by atoms with Crippen LogP contribution in [0.15, 0.2) is 28.7 Å². The minimum atomic E-state index is -2.46. The van der Waals surface area contributed by atoms with E-state index >= 15 is 0 Å². The van der Waals surface area contributed by atoms with Gasteiger partial charge in [-0.1, -0.05) is 28.1 Å². The van der Waals surface area contributed by atoms with Crippen LogP contribution in [-0.4, -0.2) is 5.92 Å². The van der Waals surface area contributed by atoms with E-state index in [0.717, 1.165) is 10.0 Å². The second-order valence-electron chi connectivity index (χ2n) is 3.07. The van der Waals surface area contributed by atoms with Crippen LogP contribution < -0.4 is 0 Å². The first-order valence-corrected chi connectivity index (χ1v) is 4.52. The number of rotatable bonds is 1. The van der Waals surface area contributed by atoms with E-state index in [2.05, 4.69) is 15.9 Å². The highest BCUT2D eigenvalue weighted by Crippen LogP contribution is 2.55. The summed E-state index contributed by atoms with van der Waals surface area (Å²) >= 11 is 3.25. The van der Waals surface area contributed by atoms with Crippen LogP contribution in [0.5, 0.6) is 0 Å². The lowest BCUT2D eigenvalue weighted by Gasteiger charge is -1.98. The van der Waals surface area contributed by atoms with Gasteiger partial charge in [-0.15, -0.1) is 0 Å². The fraction of sp³-hybridized carbons (Fsp3) is 0.333. The molecule has 0 heterocycles. The van der Waals surface area contributed by atoms with Gasteiger partial charge in [0.1, 0.15) is 0 Å². The summed E-state index contributed by atoms with van der Waals surface area (Å²) in [4.78, 5) is 0.